The highest BCUT2D eigenvalue weighted by atomic mass is 35.5. The van der Waals surface area contributed by atoms with Crippen molar-refractivity contribution in [3.8, 4) is 5.75 Å². The van der Waals surface area contributed by atoms with E-state index in [1.54, 1.807) is 42.5 Å². The van der Waals surface area contributed by atoms with E-state index in [-0.39, 0.29) is 11.0 Å². The summed E-state index contributed by atoms with van der Waals surface area (Å²) in [7, 11) is 0. The molecule has 0 radical (unpaired) electrons. The molecule has 0 fully saturated rings. The molecular formula is C18H13ClN2O3. The molecule has 1 aromatic heterocycles. The van der Waals surface area contributed by atoms with Crippen LogP contribution in [0.4, 0.5) is 0 Å². The van der Waals surface area contributed by atoms with E-state index in [0.717, 1.165) is 4.68 Å². The molecule has 5 nitrogen and oxygen atoms in total. The number of carbonyl (C=O) groups is 1. The number of aromatic hydroxyl groups is 1. The lowest BCUT2D eigenvalue weighted by Gasteiger charge is -2.00. The molecule has 0 bridgehead atoms. The van der Waals surface area contributed by atoms with Crippen molar-refractivity contribution in [1.29, 1.82) is 0 Å². The topological polar surface area (TPSA) is 75.1 Å². The molecule has 24 heavy (non-hydrogen) atoms. The van der Waals surface area contributed by atoms with Gasteiger partial charge in [-0.25, -0.2) is 0 Å². The van der Waals surface area contributed by atoms with Crippen LogP contribution in [0.15, 0.2) is 53.3 Å². The summed E-state index contributed by atoms with van der Waals surface area (Å²) in [5, 5.41) is 13.2. The standard InChI is InChI=1S/C18H13ClN2O3/c1-11-16(10-12-3-2-4-15(22)9-12)18(24)21(20-11)17(23)13-5-7-14(19)8-6-13/h2-10,20,22H,1H2/b16-10+. The first kappa shape index (κ1) is 15.8. The first-order valence-electron chi connectivity index (χ1n) is 7.07. The molecule has 1 heterocycles. The van der Waals surface area contributed by atoms with Crippen LogP contribution in [-0.2, 0) is 0 Å². The van der Waals surface area contributed by atoms with Gasteiger partial charge in [0, 0.05) is 10.6 Å². The van der Waals surface area contributed by atoms with Crippen molar-refractivity contribution in [2.45, 2.75) is 0 Å². The summed E-state index contributed by atoms with van der Waals surface area (Å²) in [6, 6.07) is 12.7. The van der Waals surface area contributed by atoms with Crippen molar-refractivity contribution in [2.75, 3.05) is 0 Å². The highest BCUT2D eigenvalue weighted by Crippen LogP contribution is 2.11. The molecule has 0 unspecified atom stereocenters. The van der Waals surface area contributed by atoms with Crippen LogP contribution in [0.2, 0.25) is 5.02 Å². The van der Waals surface area contributed by atoms with Gasteiger partial charge in [-0.2, -0.15) is 4.68 Å². The summed E-state index contributed by atoms with van der Waals surface area (Å²) < 4.78 is 0.903. The van der Waals surface area contributed by atoms with Crippen molar-refractivity contribution in [1.82, 2.24) is 9.78 Å². The first-order chi connectivity index (χ1) is 11.5. The van der Waals surface area contributed by atoms with E-state index in [0.29, 0.717) is 21.5 Å². The van der Waals surface area contributed by atoms with Crippen molar-refractivity contribution < 1.29 is 9.90 Å². The lowest BCUT2D eigenvalue weighted by Crippen LogP contribution is -2.36. The number of halogens is 1. The van der Waals surface area contributed by atoms with Crippen LogP contribution in [-0.4, -0.2) is 20.8 Å². The third kappa shape index (κ3) is 3.02. The third-order valence-electron chi connectivity index (χ3n) is 3.48. The number of benzene rings is 2. The SMILES string of the molecule is C=c1[nH]n(C(=O)c2ccc(Cl)cc2)c(=O)/c1=C/c1cccc(O)c1. The molecule has 3 rings (SSSR count). The zero-order chi connectivity index (χ0) is 17.3. The number of aromatic amines is 1. The van der Waals surface area contributed by atoms with E-state index in [1.807, 2.05) is 0 Å². The van der Waals surface area contributed by atoms with Crippen molar-refractivity contribution >= 4 is 30.2 Å². The Morgan fingerprint density at radius 1 is 1.21 bits per heavy atom. The maximum Gasteiger partial charge on any atom is 0.281 e. The number of phenolic OH excluding ortho intramolecular Hbond substituents is 1. The van der Waals surface area contributed by atoms with Crippen molar-refractivity contribution in [2.24, 2.45) is 0 Å². The summed E-state index contributed by atoms with van der Waals surface area (Å²) in [4.78, 5) is 25.0. The van der Waals surface area contributed by atoms with E-state index in [1.165, 1.54) is 12.1 Å². The Kier molecular flexibility index (Phi) is 4.10. The molecule has 6 heteroatoms. The molecule has 0 amide bonds. The molecule has 0 spiro atoms. The lowest BCUT2D eigenvalue weighted by atomic mass is 10.2. The maximum absolute atomic E-state index is 12.5. The molecule has 2 aromatic carbocycles. The third-order valence-corrected chi connectivity index (χ3v) is 3.73. The second kappa shape index (κ2) is 6.22. The second-order valence-electron chi connectivity index (χ2n) is 5.20. The van der Waals surface area contributed by atoms with Gasteiger partial charge in [0.25, 0.3) is 11.5 Å². The van der Waals surface area contributed by atoms with Gasteiger partial charge in [0.15, 0.2) is 0 Å². The molecular weight excluding hydrogens is 328 g/mol. The molecule has 3 aromatic rings. The van der Waals surface area contributed by atoms with E-state index in [4.69, 9.17) is 11.6 Å². The fraction of sp³-hybridized carbons (Fsp3) is 0. The van der Waals surface area contributed by atoms with E-state index in [2.05, 4.69) is 11.7 Å². The Morgan fingerprint density at radius 3 is 2.58 bits per heavy atom. The number of hydrogen-bond acceptors (Lipinski definition) is 3. The Balaban J connectivity index is 2.10. The van der Waals surface area contributed by atoms with Gasteiger partial charge in [0.05, 0.1) is 10.6 Å². The van der Waals surface area contributed by atoms with E-state index >= 15 is 0 Å². The van der Waals surface area contributed by atoms with Crippen LogP contribution in [0.25, 0.3) is 12.7 Å². The molecule has 0 aliphatic rings. The fourth-order valence-electron chi connectivity index (χ4n) is 2.29. The Bertz CT molecular complexity index is 1080. The van der Waals surface area contributed by atoms with E-state index in [9.17, 15) is 14.7 Å². The molecule has 0 saturated carbocycles. The molecule has 0 aliphatic heterocycles. The summed E-state index contributed by atoms with van der Waals surface area (Å²) in [5.41, 5.74) is 0.442. The maximum atomic E-state index is 12.5. The monoisotopic (exact) mass is 340 g/mol. The van der Waals surface area contributed by atoms with Gasteiger partial charge in [-0.15, -0.1) is 0 Å². The Labute approximate surface area is 141 Å². The number of nitrogens with one attached hydrogen (secondary N) is 1. The lowest BCUT2D eigenvalue weighted by molar-refractivity contribution is 0.0941. The summed E-state index contributed by atoms with van der Waals surface area (Å²) in [6.45, 7) is 3.77. The molecule has 0 atom stereocenters. The van der Waals surface area contributed by atoms with Crippen LogP contribution in [0.5, 0.6) is 5.75 Å². The molecule has 0 saturated heterocycles. The number of phenols is 1. The smallest absolute Gasteiger partial charge is 0.281 e. The minimum atomic E-state index is -0.511. The molecule has 2 N–H and O–H groups in total. The van der Waals surface area contributed by atoms with Gasteiger partial charge >= 0.3 is 0 Å². The van der Waals surface area contributed by atoms with E-state index < -0.39 is 11.5 Å². The van der Waals surface area contributed by atoms with Crippen molar-refractivity contribution in [3.05, 3.63) is 85.6 Å². The quantitative estimate of drug-likeness (QED) is 0.741. The number of nitrogens with zero attached hydrogens (tertiary/aromatic N) is 1. The van der Waals surface area contributed by atoms with Crippen LogP contribution < -0.4 is 16.1 Å². The number of aromatic nitrogens is 2. The predicted molar refractivity (Wildman–Crippen MR) is 92.7 cm³/mol. The summed E-state index contributed by atoms with van der Waals surface area (Å²) in [6.07, 6.45) is 1.56. The molecule has 120 valence electrons. The Hall–Kier alpha value is -3.05. The van der Waals surface area contributed by atoms with Gasteiger partial charge in [-0.1, -0.05) is 30.3 Å². The normalized spacial score (nSPS) is 11.6. The summed E-state index contributed by atoms with van der Waals surface area (Å²) in [5.74, 6) is -0.417. The minimum absolute atomic E-state index is 0.0856. The molecule has 0 aliphatic carbocycles. The largest absolute Gasteiger partial charge is 0.508 e. The van der Waals surface area contributed by atoms with Gasteiger partial charge in [0.1, 0.15) is 5.75 Å². The van der Waals surface area contributed by atoms with Gasteiger partial charge in [0.2, 0.25) is 0 Å². The van der Waals surface area contributed by atoms with Crippen LogP contribution >= 0.6 is 11.6 Å². The van der Waals surface area contributed by atoms with Crippen LogP contribution in [0.1, 0.15) is 15.9 Å². The number of H-pyrrole nitrogens is 1. The van der Waals surface area contributed by atoms with Gasteiger partial charge in [-0.3, -0.25) is 14.7 Å². The Morgan fingerprint density at radius 2 is 1.92 bits per heavy atom. The van der Waals surface area contributed by atoms with Gasteiger partial charge < -0.3 is 5.11 Å². The zero-order valence-corrected chi connectivity index (χ0v) is 13.2. The van der Waals surface area contributed by atoms with Gasteiger partial charge in [-0.05, 0) is 48.0 Å². The van der Waals surface area contributed by atoms with Crippen molar-refractivity contribution in [3.63, 3.8) is 0 Å². The first-order valence-corrected chi connectivity index (χ1v) is 7.44. The average molecular weight is 341 g/mol. The van der Waals surface area contributed by atoms with Crippen LogP contribution in [0, 0.1) is 0 Å². The zero-order valence-electron chi connectivity index (χ0n) is 12.5. The van der Waals surface area contributed by atoms with Crippen LogP contribution in [0.3, 0.4) is 0 Å². The minimum Gasteiger partial charge on any atom is -0.508 e. The average Bonchev–Trinajstić information content (AvgIpc) is 2.83. The number of rotatable bonds is 2. The predicted octanol–water partition coefficient (Wildman–Crippen LogP) is 1.46. The fourth-order valence-corrected chi connectivity index (χ4v) is 2.42. The number of carbonyl (C=O) groups excluding carboxylic acids is 1. The highest BCUT2D eigenvalue weighted by Gasteiger charge is 2.13. The highest BCUT2D eigenvalue weighted by molar-refractivity contribution is 6.30. The second-order valence-corrected chi connectivity index (χ2v) is 5.63. The summed E-state index contributed by atoms with van der Waals surface area (Å²) >= 11 is 5.80. The number of hydrogen-bond donors (Lipinski definition) is 2.